The van der Waals surface area contributed by atoms with Gasteiger partial charge >= 0.3 is 0 Å². The molecular weight excluding hydrogens is 276 g/mol. The smallest absolute Gasteiger partial charge is 0.284 e. The van der Waals surface area contributed by atoms with Crippen molar-refractivity contribution in [3.8, 4) is 0 Å². The first-order valence-corrected chi connectivity index (χ1v) is 7.97. The summed E-state index contributed by atoms with van der Waals surface area (Å²) in [6.07, 6.45) is 4.27. The van der Waals surface area contributed by atoms with Gasteiger partial charge in [-0.1, -0.05) is 31.1 Å². The van der Waals surface area contributed by atoms with E-state index < -0.39 is 6.10 Å². The summed E-state index contributed by atoms with van der Waals surface area (Å²) in [7, 11) is 1.74. The molecule has 1 amide bonds. The van der Waals surface area contributed by atoms with Gasteiger partial charge in [-0.15, -0.1) is 10.2 Å². The molecule has 20 heavy (non-hydrogen) atoms. The monoisotopic (exact) mass is 298 g/mol. The van der Waals surface area contributed by atoms with Crippen LogP contribution in [0.4, 0.5) is 5.13 Å². The molecule has 2 rings (SSSR count). The van der Waals surface area contributed by atoms with Gasteiger partial charge in [-0.05, 0) is 19.3 Å². The number of nitrogens with zero attached hydrogens (tertiary/aromatic N) is 3. The van der Waals surface area contributed by atoms with E-state index in [1.54, 1.807) is 11.9 Å². The number of aromatic nitrogens is 2. The number of rotatable bonds is 5. The molecule has 1 aromatic rings. The summed E-state index contributed by atoms with van der Waals surface area (Å²) < 4.78 is 0. The quantitative estimate of drug-likeness (QED) is 0.865. The normalized spacial score (nSPS) is 22.6. The van der Waals surface area contributed by atoms with Gasteiger partial charge in [-0.25, -0.2) is 0 Å². The molecule has 0 bridgehead atoms. The van der Waals surface area contributed by atoms with Crippen molar-refractivity contribution in [3.63, 3.8) is 0 Å². The third-order valence-corrected chi connectivity index (χ3v) is 4.51. The van der Waals surface area contributed by atoms with Gasteiger partial charge in [0.25, 0.3) is 5.91 Å². The summed E-state index contributed by atoms with van der Waals surface area (Å²) in [5, 5.41) is 22.1. The molecule has 2 atom stereocenters. The molecule has 1 aromatic heterocycles. The number of anilines is 1. The molecule has 6 nitrogen and oxygen atoms in total. The average Bonchev–Trinajstić information content (AvgIpc) is 2.93. The lowest BCUT2D eigenvalue weighted by atomic mass is 9.91. The summed E-state index contributed by atoms with van der Waals surface area (Å²) in [5.41, 5.74) is 0. The van der Waals surface area contributed by atoms with Gasteiger partial charge in [-0.2, -0.15) is 0 Å². The van der Waals surface area contributed by atoms with E-state index in [1.165, 1.54) is 11.3 Å². The zero-order valence-corrected chi connectivity index (χ0v) is 12.8. The molecule has 2 N–H and O–H groups in total. The first kappa shape index (κ1) is 15.2. The van der Waals surface area contributed by atoms with E-state index in [0.29, 0.717) is 10.1 Å². The highest BCUT2D eigenvalue weighted by molar-refractivity contribution is 7.17. The SMILES string of the molecule is CCCNc1nnc(C(=O)N(C)C2CCCCC2O)s1. The Balaban J connectivity index is 2.00. The maximum atomic E-state index is 12.4. The highest BCUT2D eigenvalue weighted by Crippen LogP contribution is 2.25. The molecule has 2 unspecified atom stereocenters. The second kappa shape index (κ2) is 6.99. The molecule has 0 radical (unpaired) electrons. The van der Waals surface area contributed by atoms with Crippen molar-refractivity contribution in [2.75, 3.05) is 18.9 Å². The zero-order valence-electron chi connectivity index (χ0n) is 12.0. The molecule has 0 spiro atoms. The van der Waals surface area contributed by atoms with Crippen LogP contribution in [0.25, 0.3) is 0 Å². The minimum atomic E-state index is -0.427. The number of likely N-dealkylation sites (N-methyl/N-ethyl adjacent to an activating group) is 1. The molecule has 1 fully saturated rings. The second-order valence-electron chi connectivity index (χ2n) is 5.17. The number of hydrogen-bond donors (Lipinski definition) is 2. The molecular formula is C13H22N4O2S. The Kier molecular flexibility index (Phi) is 5.31. The molecule has 1 aliphatic rings. The van der Waals surface area contributed by atoms with Gasteiger partial charge < -0.3 is 15.3 Å². The first-order valence-electron chi connectivity index (χ1n) is 7.16. The van der Waals surface area contributed by atoms with Crippen LogP contribution in [0.1, 0.15) is 48.8 Å². The van der Waals surface area contributed by atoms with Gasteiger partial charge in [-0.3, -0.25) is 4.79 Å². The number of hydrogen-bond acceptors (Lipinski definition) is 6. The fourth-order valence-corrected chi connectivity index (χ4v) is 3.21. The average molecular weight is 298 g/mol. The molecule has 0 aromatic carbocycles. The van der Waals surface area contributed by atoms with Crippen molar-refractivity contribution in [1.82, 2.24) is 15.1 Å². The Morgan fingerprint density at radius 2 is 2.20 bits per heavy atom. The Labute approximate surface area is 123 Å². The molecule has 1 saturated carbocycles. The second-order valence-corrected chi connectivity index (χ2v) is 6.15. The van der Waals surface area contributed by atoms with Crippen LogP contribution in [0, 0.1) is 0 Å². The van der Waals surface area contributed by atoms with E-state index >= 15 is 0 Å². The van der Waals surface area contributed by atoms with Crippen molar-refractivity contribution in [3.05, 3.63) is 5.01 Å². The van der Waals surface area contributed by atoms with Gasteiger partial charge in [0.05, 0.1) is 12.1 Å². The first-order chi connectivity index (χ1) is 9.63. The third kappa shape index (κ3) is 3.46. The van der Waals surface area contributed by atoms with Gasteiger partial charge in [0, 0.05) is 13.6 Å². The van der Waals surface area contributed by atoms with Crippen LogP contribution in [-0.4, -0.2) is 51.8 Å². The third-order valence-electron chi connectivity index (χ3n) is 3.65. The van der Waals surface area contributed by atoms with Gasteiger partial charge in [0.2, 0.25) is 10.1 Å². The number of carbonyl (C=O) groups excluding carboxylic acids is 1. The summed E-state index contributed by atoms with van der Waals surface area (Å²) >= 11 is 1.27. The van der Waals surface area contributed by atoms with Crippen LogP contribution in [-0.2, 0) is 0 Å². The van der Waals surface area contributed by atoms with Crippen LogP contribution in [0.2, 0.25) is 0 Å². The maximum Gasteiger partial charge on any atom is 0.284 e. The lowest BCUT2D eigenvalue weighted by molar-refractivity contribution is 0.0267. The Hall–Kier alpha value is -1.21. The van der Waals surface area contributed by atoms with Gasteiger partial charge in [0.15, 0.2) is 0 Å². The highest BCUT2D eigenvalue weighted by atomic mass is 32.1. The summed E-state index contributed by atoms with van der Waals surface area (Å²) in [6, 6.07) is -0.104. The topological polar surface area (TPSA) is 78.4 Å². The highest BCUT2D eigenvalue weighted by Gasteiger charge is 2.31. The van der Waals surface area contributed by atoms with E-state index in [9.17, 15) is 9.90 Å². The van der Waals surface area contributed by atoms with Crippen molar-refractivity contribution in [1.29, 1.82) is 0 Å². The predicted octanol–water partition coefficient (Wildman–Crippen LogP) is 1.74. The van der Waals surface area contributed by atoms with Crippen LogP contribution in [0.15, 0.2) is 0 Å². The lowest BCUT2D eigenvalue weighted by Crippen LogP contribution is -2.46. The van der Waals surface area contributed by atoms with E-state index in [-0.39, 0.29) is 11.9 Å². The molecule has 1 aliphatic carbocycles. The Bertz CT molecular complexity index is 451. The van der Waals surface area contributed by atoms with Crippen molar-refractivity contribution < 1.29 is 9.90 Å². The van der Waals surface area contributed by atoms with Crippen molar-refractivity contribution >= 4 is 22.4 Å². The van der Waals surface area contributed by atoms with Crippen LogP contribution < -0.4 is 5.32 Å². The molecule has 0 aliphatic heterocycles. The van der Waals surface area contributed by atoms with E-state index in [4.69, 9.17) is 0 Å². The number of aliphatic hydroxyl groups excluding tert-OH is 1. The molecule has 1 heterocycles. The number of amides is 1. The number of nitrogens with one attached hydrogen (secondary N) is 1. The molecule has 0 saturated heterocycles. The number of aliphatic hydroxyl groups is 1. The Morgan fingerprint density at radius 1 is 1.45 bits per heavy atom. The van der Waals surface area contributed by atoms with E-state index in [2.05, 4.69) is 22.4 Å². The maximum absolute atomic E-state index is 12.4. The van der Waals surface area contributed by atoms with E-state index in [0.717, 1.165) is 38.6 Å². The Morgan fingerprint density at radius 3 is 2.90 bits per heavy atom. The summed E-state index contributed by atoms with van der Waals surface area (Å²) in [5.74, 6) is -0.155. The minimum Gasteiger partial charge on any atom is -0.391 e. The minimum absolute atomic E-state index is 0.104. The largest absolute Gasteiger partial charge is 0.391 e. The fraction of sp³-hybridized carbons (Fsp3) is 0.769. The number of carbonyl (C=O) groups is 1. The molecule has 7 heteroatoms. The molecule has 112 valence electrons. The van der Waals surface area contributed by atoms with E-state index in [1.807, 2.05) is 0 Å². The van der Waals surface area contributed by atoms with Crippen LogP contribution in [0.3, 0.4) is 0 Å². The predicted molar refractivity (Wildman–Crippen MR) is 79.0 cm³/mol. The standard InChI is InChI=1S/C13H22N4O2S/c1-3-8-14-13-16-15-11(20-13)12(19)17(2)9-6-4-5-7-10(9)18/h9-10,18H,3-8H2,1-2H3,(H,14,16). The van der Waals surface area contributed by atoms with Crippen LogP contribution >= 0.6 is 11.3 Å². The summed E-state index contributed by atoms with van der Waals surface area (Å²) in [6.45, 7) is 2.89. The zero-order chi connectivity index (χ0) is 14.5. The fourth-order valence-electron chi connectivity index (χ4n) is 2.46. The van der Waals surface area contributed by atoms with Gasteiger partial charge in [0.1, 0.15) is 0 Å². The van der Waals surface area contributed by atoms with Crippen LogP contribution in [0.5, 0.6) is 0 Å². The summed E-state index contributed by atoms with van der Waals surface area (Å²) in [4.78, 5) is 14.0. The van der Waals surface area contributed by atoms with Crippen molar-refractivity contribution in [2.24, 2.45) is 0 Å². The van der Waals surface area contributed by atoms with Crippen molar-refractivity contribution in [2.45, 2.75) is 51.2 Å². The lowest BCUT2D eigenvalue weighted by Gasteiger charge is -2.34.